The highest BCUT2D eigenvalue weighted by Crippen LogP contribution is 2.60. The van der Waals surface area contributed by atoms with E-state index >= 15 is 0 Å². The third kappa shape index (κ3) is 3.32. The maximum absolute atomic E-state index is 11.8. The number of aliphatic imine (C=N–C) groups is 1. The molecule has 156 valence electrons. The highest BCUT2D eigenvalue weighted by molar-refractivity contribution is 5.91. The molecule has 1 N–H and O–H groups in total. The Bertz CT molecular complexity index is 988. The fourth-order valence-electron chi connectivity index (χ4n) is 6.58. The Kier molecular flexibility index (Phi) is 4.68. The predicted octanol–water partition coefficient (Wildman–Crippen LogP) is 5.71. The van der Waals surface area contributed by atoms with Crippen LogP contribution in [0.4, 0.5) is 5.69 Å². The summed E-state index contributed by atoms with van der Waals surface area (Å²) in [5.74, 6) is 2.51. The zero-order valence-electron chi connectivity index (χ0n) is 17.7. The predicted molar refractivity (Wildman–Crippen MR) is 118 cm³/mol. The fraction of sp³-hybridized carbons (Fsp3) is 0.462. The van der Waals surface area contributed by atoms with Gasteiger partial charge in [-0.1, -0.05) is 12.1 Å². The number of benzene rings is 2. The molecule has 30 heavy (non-hydrogen) atoms. The molecule has 0 radical (unpaired) electrons. The van der Waals surface area contributed by atoms with Crippen molar-refractivity contribution in [2.45, 2.75) is 50.9 Å². The summed E-state index contributed by atoms with van der Waals surface area (Å²) in [6.45, 7) is 1.96. The Labute approximate surface area is 178 Å². The lowest BCUT2D eigenvalue weighted by Crippen LogP contribution is -2.48. The molecule has 0 atom stereocenters. The van der Waals surface area contributed by atoms with Gasteiger partial charge < -0.3 is 9.84 Å². The second kappa shape index (κ2) is 7.26. The molecule has 4 heteroatoms. The molecule has 0 aliphatic heterocycles. The van der Waals surface area contributed by atoms with Gasteiger partial charge in [0.05, 0.1) is 18.4 Å². The average molecular weight is 404 g/mol. The summed E-state index contributed by atoms with van der Waals surface area (Å²) in [6, 6.07) is 11.4. The Hall–Kier alpha value is -2.62. The van der Waals surface area contributed by atoms with Crippen LogP contribution in [-0.2, 0) is 10.2 Å². The summed E-state index contributed by atoms with van der Waals surface area (Å²) >= 11 is 0. The van der Waals surface area contributed by atoms with Gasteiger partial charge in [0.2, 0.25) is 0 Å². The van der Waals surface area contributed by atoms with Crippen molar-refractivity contribution in [2.24, 2.45) is 22.7 Å². The second-order valence-corrected chi connectivity index (χ2v) is 9.72. The fourth-order valence-corrected chi connectivity index (χ4v) is 6.58. The van der Waals surface area contributed by atoms with Crippen molar-refractivity contribution in [1.82, 2.24) is 0 Å². The smallest absolute Gasteiger partial charge is 0.337 e. The first-order chi connectivity index (χ1) is 14.5. The van der Waals surface area contributed by atoms with Crippen molar-refractivity contribution in [1.29, 1.82) is 0 Å². The van der Waals surface area contributed by atoms with Gasteiger partial charge in [0.25, 0.3) is 0 Å². The van der Waals surface area contributed by atoms with Gasteiger partial charge in [-0.15, -0.1) is 0 Å². The number of hydrogen-bond donors (Lipinski definition) is 1. The molecular formula is C26H29NO3. The summed E-state index contributed by atoms with van der Waals surface area (Å²) in [5, 5.41) is 10.5. The number of methoxy groups -OCH3 is 1. The lowest BCUT2D eigenvalue weighted by atomic mass is 9.48. The minimum atomic E-state index is -0.377. The van der Waals surface area contributed by atoms with Crippen molar-refractivity contribution in [2.75, 3.05) is 7.11 Å². The number of rotatable bonds is 4. The molecular weight excluding hydrogens is 374 g/mol. The number of carbonyl (C=O) groups is 1. The number of aryl methyl sites for hydroxylation is 1. The zero-order valence-corrected chi connectivity index (χ0v) is 17.7. The summed E-state index contributed by atoms with van der Waals surface area (Å²) in [4.78, 5) is 16.5. The molecule has 0 unspecified atom stereocenters. The Morgan fingerprint density at radius 1 is 1.07 bits per heavy atom. The molecule has 4 saturated carbocycles. The van der Waals surface area contributed by atoms with E-state index in [1.807, 2.05) is 19.1 Å². The van der Waals surface area contributed by atoms with E-state index in [1.54, 1.807) is 18.3 Å². The third-order valence-corrected chi connectivity index (χ3v) is 7.65. The van der Waals surface area contributed by atoms with E-state index in [-0.39, 0.29) is 17.1 Å². The second-order valence-electron chi connectivity index (χ2n) is 9.72. The van der Waals surface area contributed by atoms with E-state index in [0.29, 0.717) is 11.3 Å². The quantitative estimate of drug-likeness (QED) is 0.526. The van der Waals surface area contributed by atoms with Crippen molar-refractivity contribution in [3.05, 3.63) is 58.7 Å². The molecule has 0 spiro atoms. The third-order valence-electron chi connectivity index (χ3n) is 7.65. The van der Waals surface area contributed by atoms with Crippen LogP contribution < -0.4 is 0 Å². The van der Waals surface area contributed by atoms with Crippen LogP contribution in [0.3, 0.4) is 0 Å². The van der Waals surface area contributed by atoms with E-state index in [9.17, 15) is 9.90 Å². The first kappa shape index (κ1) is 19.3. The zero-order chi connectivity index (χ0) is 20.9. The number of ether oxygens (including phenoxy) is 1. The number of phenolic OH excluding ortho intramolecular Hbond substituents is 1. The van der Waals surface area contributed by atoms with Gasteiger partial charge in [-0.2, -0.15) is 0 Å². The van der Waals surface area contributed by atoms with Gasteiger partial charge in [0.15, 0.2) is 0 Å². The molecule has 4 nitrogen and oxygen atoms in total. The van der Waals surface area contributed by atoms with Gasteiger partial charge in [0, 0.05) is 11.8 Å². The van der Waals surface area contributed by atoms with Crippen molar-refractivity contribution >= 4 is 17.9 Å². The van der Waals surface area contributed by atoms with Gasteiger partial charge in [0.1, 0.15) is 5.75 Å². The molecule has 0 amide bonds. The lowest BCUT2D eigenvalue weighted by Gasteiger charge is -2.57. The summed E-state index contributed by atoms with van der Waals surface area (Å²) in [5.41, 5.74) is 4.54. The van der Waals surface area contributed by atoms with Crippen LogP contribution in [-0.4, -0.2) is 24.4 Å². The van der Waals surface area contributed by atoms with E-state index in [1.165, 1.54) is 51.2 Å². The molecule has 4 aliphatic rings. The summed E-state index contributed by atoms with van der Waals surface area (Å²) in [6.07, 6.45) is 9.86. The standard InChI is InChI=1S/C26H29NO3/c1-16-3-4-20(25(29)30-2)11-23(16)27-15-21-10-22(5-6-24(21)28)26-12-17-7-18(13-26)9-19(8-17)14-26/h3-6,10-11,15,17-19,28H,7-9,12-14H2,1-2H3. The number of aromatic hydroxyl groups is 1. The summed E-state index contributed by atoms with van der Waals surface area (Å²) in [7, 11) is 1.37. The average Bonchev–Trinajstić information content (AvgIpc) is 2.72. The molecule has 4 fully saturated rings. The number of carbonyl (C=O) groups excluding carboxylic acids is 1. The number of nitrogens with zero attached hydrogens (tertiary/aromatic N) is 1. The molecule has 0 heterocycles. The van der Waals surface area contributed by atoms with E-state index in [4.69, 9.17) is 4.74 Å². The molecule has 4 bridgehead atoms. The van der Waals surface area contributed by atoms with Gasteiger partial charge in [-0.25, -0.2) is 4.79 Å². The SMILES string of the molecule is COC(=O)c1ccc(C)c(N=Cc2cc(C34CC5CC(CC(C5)C3)C4)ccc2O)c1. The van der Waals surface area contributed by atoms with Gasteiger partial charge >= 0.3 is 5.97 Å². The number of esters is 1. The Balaban J connectivity index is 1.46. The molecule has 6 rings (SSSR count). The maximum atomic E-state index is 11.8. The van der Waals surface area contributed by atoms with Gasteiger partial charge in [-0.3, -0.25) is 4.99 Å². The van der Waals surface area contributed by atoms with E-state index < -0.39 is 0 Å². The monoisotopic (exact) mass is 403 g/mol. The van der Waals surface area contributed by atoms with E-state index in [0.717, 1.165) is 28.9 Å². The van der Waals surface area contributed by atoms with Crippen LogP contribution in [0.1, 0.15) is 65.6 Å². The van der Waals surface area contributed by atoms with Crippen LogP contribution in [0.15, 0.2) is 41.4 Å². The molecule has 2 aromatic carbocycles. The molecule has 0 aromatic heterocycles. The van der Waals surface area contributed by atoms with E-state index in [2.05, 4.69) is 17.1 Å². The van der Waals surface area contributed by atoms with Crippen LogP contribution >= 0.6 is 0 Å². The van der Waals surface area contributed by atoms with Crippen LogP contribution in [0.5, 0.6) is 5.75 Å². The van der Waals surface area contributed by atoms with Crippen molar-refractivity contribution < 1.29 is 14.6 Å². The maximum Gasteiger partial charge on any atom is 0.337 e. The Morgan fingerprint density at radius 3 is 2.37 bits per heavy atom. The van der Waals surface area contributed by atoms with Crippen LogP contribution in [0.2, 0.25) is 0 Å². The first-order valence-corrected chi connectivity index (χ1v) is 11.0. The molecule has 4 aliphatic carbocycles. The molecule has 0 saturated heterocycles. The van der Waals surface area contributed by atoms with Gasteiger partial charge in [-0.05, 0) is 104 Å². The van der Waals surface area contributed by atoms with Crippen molar-refractivity contribution in [3.63, 3.8) is 0 Å². The summed E-state index contributed by atoms with van der Waals surface area (Å²) < 4.78 is 4.81. The highest BCUT2D eigenvalue weighted by atomic mass is 16.5. The van der Waals surface area contributed by atoms with Crippen LogP contribution in [0, 0.1) is 24.7 Å². The highest BCUT2D eigenvalue weighted by Gasteiger charge is 2.51. The molecule has 2 aromatic rings. The number of hydrogen-bond acceptors (Lipinski definition) is 4. The lowest BCUT2D eigenvalue weighted by molar-refractivity contribution is -0.00520. The largest absolute Gasteiger partial charge is 0.507 e. The Morgan fingerprint density at radius 2 is 1.73 bits per heavy atom. The minimum absolute atomic E-state index is 0.244. The van der Waals surface area contributed by atoms with Crippen LogP contribution in [0.25, 0.3) is 0 Å². The topological polar surface area (TPSA) is 58.9 Å². The number of phenols is 1. The first-order valence-electron chi connectivity index (χ1n) is 11.0. The van der Waals surface area contributed by atoms with Crippen molar-refractivity contribution in [3.8, 4) is 5.75 Å². The normalized spacial score (nSPS) is 29.5. The minimum Gasteiger partial charge on any atom is -0.507 e.